The Morgan fingerprint density at radius 2 is 2.24 bits per heavy atom. The van der Waals surface area contributed by atoms with Crippen LogP contribution in [0.15, 0.2) is 18.2 Å². The van der Waals surface area contributed by atoms with Crippen molar-refractivity contribution in [1.29, 1.82) is 5.26 Å². The molecule has 1 aromatic carbocycles. The summed E-state index contributed by atoms with van der Waals surface area (Å²) in [7, 11) is 0. The summed E-state index contributed by atoms with van der Waals surface area (Å²) in [6.45, 7) is 0.657. The van der Waals surface area contributed by atoms with Gasteiger partial charge < -0.3 is 10.4 Å². The first-order valence-electron chi connectivity index (χ1n) is 5.22. The highest BCUT2D eigenvalue weighted by Crippen LogP contribution is 2.25. The van der Waals surface area contributed by atoms with E-state index in [0.717, 1.165) is 6.42 Å². The standard InChI is InChI=1S/C11H13N3O3/c12-8-9-3-4-10(11(7-9)14(16)17)13-5-1-2-6-15/h3-4,7,13,15H,1-2,5-6H2. The van der Waals surface area contributed by atoms with Crippen LogP contribution in [0, 0.1) is 21.4 Å². The highest BCUT2D eigenvalue weighted by atomic mass is 16.6. The van der Waals surface area contributed by atoms with Gasteiger partial charge in [0.15, 0.2) is 0 Å². The number of aliphatic hydroxyl groups excluding tert-OH is 1. The minimum absolute atomic E-state index is 0.104. The van der Waals surface area contributed by atoms with Gasteiger partial charge in [0, 0.05) is 19.2 Å². The maximum Gasteiger partial charge on any atom is 0.293 e. The van der Waals surface area contributed by atoms with E-state index in [1.165, 1.54) is 18.2 Å². The predicted octanol–water partition coefficient (Wildman–Crippen LogP) is 1.65. The van der Waals surface area contributed by atoms with Crippen LogP contribution in [0.1, 0.15) is 18.4 Å². The molecule has 1 rings (SSSR count). The molecule has 0 unspecified atom stereocenters. The minimum Gasteiger partial charge on any atom is -0.396 e. The van der Waals surface area contributed by atoms with Gasteiger partial charge in [-0.1, -0.05) is 0 Å². The maximum atomic E-state index is 10.8. The monoisotopic (exact) mass is 235 g/mol. The molecule has 0 atom stereocenters. The molecule has 0 bridgehead atoms. The SMILES string of the molecule is N#Cc1ccc(NCCCCO)c([N+](=O)[O-])c1. The fourth-order valence-electron chi connectivity index (χ4n) is 1.36. The minimum atomic E-state index is -0.519. The van der Waals surface area contributed by atoms with Crippen molar-refractivity contribution in [2.45, 2.75) is 12.8 Å². The molecule has 0 aromatic heterocycles. The molecular formula is C11H13N3O3. The quantitative estimate of drug-likeness (QED) is 0.443. The van der Waals surface area contributed by atoms with Gasteiger partial charge >= 0.3 is 0 Å². The van der Waals surface area contributed by atoms with Gasteiger partial charge in [-0.05, 0) is 25.0 Å². The summed E-state index contributed by atoms with van der Waals surface area (Å²) in [5.41, 5.74) is 0.553. The number of nitriles is 1. The fraction of sp³-hybridized carbons (Fsp3) is 0.364. The van der Waals surface area contributed by atoms with E-state index >= 15 is 0 Å². The second-order valence-corrected chi connectivity index (χ2v) is 3.46. The second kappa shape index (κ2) is 6.45. The number of nitro groups is 1. The van der Waals surface area contributed by atoms with E-state index in [4.69, 9.17) is 10.4 Å². The number of rotatable bonds is 6. The van der Waals surface area contributed by atoms with Crippen LogP contribution in [0.2, 0.25) is 0 Å². The first-order chi connectivity index (χ1) is 8.19. The van der Waals surface area contributed by atoms with Crippen LogP contribution in [-0.4, -0.2) is 23.2 Å². The van der Waals surface area contributed by atoms with Gasteiger partial charge in [0.2, 0.25) is 0 Å². The number of nitrogens with zero attached hydrogens (tertiary/aromatic N) is 2. The maximum absolute atomic E-state index is 10.8. The van der Waals surface area contributed by atoms with Gasteiger partial charge in [0.05, 0.1) is 16.6 Å². The summed E-state index contributed by atoms with van der Waals surface area (Å²) in [5.74, 6) is 0. The second-order valence-electron chi connectivity index (χ2n) is 3.46. The lowest BCUT2D eigenvalue weighted by Gasteiger charge is -2.06. The van der Waals surface area contributed by atoms with Crippen molar-refractivity contribution in [3.63, 3.8) is 0 Å². The Balaban J connectivity index is 2.77. The summed E-state index contributed by atoms with van der Waals surface area (Å²) in [5, 5.41) is 31.0. The third-order valence-corrected chi connectivity index (χ3v) is 2.22. The van der Waals surface area contributed by atoms with E-state index in [0.29, 0.717) is 18.7 Å². The van der Waals surface area contributed by atoms with E-state index in [1.54, 1.807) is 0 Å². The van der Waals surface area contributed by atoms with E-state index in [1.807, 2.05) is 6.07 Å². The van der Waals surface area contributed by atoms with Crippen molar-refractivity contribution in [2.75, 3.05) is 18.5 Å². The fourth-order valence-corrected chi connectivity index (χ4v) is 1.36. The van der Waals surface area contributed by atoms with Gasteiger partial charge in [-0.25, -0.2) is 0 Å². The van der Waals surface area contributed by atoms with Crippen LogP contribution in [0.3, 0.4) is 0 Å². The van der Waals surface area contributed by atoms with Crippen molar-refractivity contribution >= 4 is 11.4 Å². The van der Waals surface area contributed by atoms with E-state index in [-0.39, 0.29) is 17.9 Å². The first kappa shape index (κ1) is 12.9. The molecule has 0 saturated carbocycles. The number of benzene rings is 1. The topological polar surface area (TPSA) is 99.2 Å². The summed E-state index contributed by atoms with van der Waals surface area (Å²) in [4.78, 5) is 10.3. The van der Waals surface area contributed by atoms with Crippen molar-refractivity contribution in [2.24, 2.45) is 0 Å². The van der Waals surface area contributed by atoms with Gasteiger partial charge in [-0.15, -0.1) is 0 Å². The molecule has 2 N–H and O–H groups in total. The first-order valence-corrected chi connectivity index (χ1v) is 5.22. The Hall–Kier alpha value is -2.13. The molecule has 0 aliphatic rings. The molecule has 0 saturated heterocycles. The molecule has 0 aliphatic heterocycles. The Kier molecular flexibility index (Phi) is 4.91. The molecule has 6 heteroatoms. The Morgan fingerprint density at radius 3 is 2.82 bits per heavy atom. The number of unbranched alkanes of at least 4 members (excludes halogenated alkanes) is 1. The zero-order valence-electron chi connectivity index (χ0n) is 9.22. The van der Waals surface area contributed by atoms with Gasteiger partial charge in [0.25, 0.3) is 5.69 Å². The Labute approximate surface area is 98.6 Å². The highest BCUT2D eigenvalue weighted by molar-refractivity contribution is 5.63. The zero-order valence-corrected chi connectivity index (χ0v) is 9.22. The number of aliphatic hydroxyl groups is 1. The molecule has 0 radical (unpaired) electrons. The molecule has 90 valence electrons. The molecule has 0 fully saturated rings. The van der Waals surface area contributed by atoms with Crippen molar-refractivity contribution < 1.29 is 10.0 Å². The lowest BCUT2D eigenvalue weighted by molar-refractivity contribution is -0.384. The van der Waals surface area contributed by atoms with E-state index < -0.39 is 4.92 Å². The number of nitro benzene ring substituents is 1. The largest absolute Gasteiger partial charge is 0.396 e. The van der Waals surface area contributed by atoms with Crippen LogP contribution >= 0.6 is 0 Å². The van der Waals surface area contributed by atoms with Crippen LogP contribution in [0.4, 0.5) is 11.4 Å². The van der Waals surface area contributed by atoms with Crippen LogP contribution in [0.5, 0.6) is 0 Å². The van der Waals surface area contributed by atoms with Gasteiger partial charge in [-0.2, -0.15) is 5.26 Å². The number of anilines is 1. The van der Waals surface area contributed by atoms with Crippen molar-refractivity contribution in [3.8, 4) is 6.07 Å². The molecule has 6 nitrogen and oxygen atoms in total. The summed E-state index contributed by atoms with van der Waals surface area (Å²) < 4.78 is 0. The zero-order chi connectivity index (χ0) is 12.7. The summed E-state index contributed by atoms with van der Waals surface area (Å²) in [6.07, 6.45) is 1.38. The smallest absolute Gasteiger partial charge is 0.293 e. The molecule has 0 aliphatic carbocycles. The summed E-state index contributed by atoms with van der Waals surface area (Å²) in [6, 6.07) is 6.16. The highest BCUT2D eigenvalue weighted by Gasteiger charge is 2.13. The normalized spacial score (nSPS) is 9.65. The lowest BCUT2D eigenvalue weighted by Crippen LogP contribution is -2.05. The van der Waals surface area contributed by atoms with Crippen LogP contribution in [-0.2, 0) is 0 Å². The molecule has 17 heavy (non-hydrogen) atoms. The number of hydrogen-bond donors (Lipinski definition) is 2. The Bertz CT molecular complexity index is 440. The average molecular weight is 235 g/mol. The van der Waals surface area contributed by atoms with Crippen LogP contribution in [0.25, 0.3) is 0 Å². The average Bonchev–Trinajstić information content (AvgIpc) is 2.34. The summed E-state index contributed by atoms with van der Waals surface area (Å²) >= 11 is 0. The lowest BCUT2D eigenvalue weighted by atomic mass is 10.2. The van der Waals surface area contributed by atoms with Gasteiger partial charge in [0.1, 0.15) is 5.69 Å². The molecule has 0 heterocycles. The molecule has 0 spiro atoms. The Morgan fingerprint density at radius 1 is 1.47 bits per heavy atom. The van der Waals surface area contributed by atoms with Crippen molar-refractivity contribution in [1.82, 2.24) is 0 Å². The van der Waals surface area contributed by atoms with E-state index in [9.17, 15) is 10.1 Å². The van der Waals surface area contributed by atoms with Crippen LogP contribution < -0.4 is 5.32 Å². The molecular weight excluding hydrogens is 222 g/mol. The third-order valence-electron chi connectivity index (χ3n) is 2.22. The third kappa shape index (κ3) is 3.74. The molecule has 0 amide bonds. The molecule has 1 aromatic rings. The number of nitrogens with one attached hydrogen (secondary N) is 1. The predicted molar refractivity (Wildman–Crippen MR) is 62.6 cm³/mol. The van der Waals surface area contributed by atoms with Gasteiger partial charge in [-0.3, -0.25) is 10.1 Å². The van der Waals surface area contributed by atoms with E-state index in [2.05, 4.69) is 5.32 Å². The number of hydrogen-bond acceptors (Lipinski definition) is 5. The van der Waals surface area contributed by atoms with Crippen molar-refractivity contribution in [3.05, 3.63) is 33.9 Å².